The molecule has 5 nitrogen and oxygen atoms in total. The summed E-state index contributed by atoms with van der Waals surface area (Å²) < 4.78 is 4.97. The normalized spacial score (nSPS) is 6.12. The second kappa shape index (κ2) is 15.5. The lowest BCUT2D eigenvalue weighted by molar-refractivity contribution is 0.414. The average molecular weight is 245 g/mol. The summed E-state index contributed by atoms with van der Waals surface area (Å²) in [6.07, 6.45) is 1.50. The first kappa shape index (κ1) is 19.6. The van der Waals surface area contributed by atoms with Crippen molar-refractivity contribution in [3.8, 4) is 5.75 Å². The molecule has 1 aromatic rings. The lowest BCUT2D eigenvalue weighted by Gasteiger charge is -1.97. The van der Waals surface area contributed by atoms with Crippen molar-refractivity contribution in [2.75, 3.05) is 7.11 Å². The Kier molecular flexibility index (Phi) is 19.0. The van der Waals surface area contributed by atoms with Gasteiger partial charge in [-0.3, -0.25) is 0 Å². The van der Waals surface area contributed by atoms with E-state index in [1.807, 2.05) is 24.3 Å². The summed E-state index contributed by atoms with van der Waals surface area (Å²) in [7, 11) is 1.67. The monoisotopic (exact) mass is 244 g/mol. The molecule has 1 aromatic carbocycles. The van der Waals surface area contributed by atoms with Gasteiger partial charge >= 0.3 is 0 Å². The molecule has 0 aromatic heterocycles. The predicted molar refractivity (Wildman–Crippen MR) is 61.8 cm³/mol. The third-order valence-corrected chi connectivity index (χ3v) is 1.26. The van der Waals surface area contributed by atoms with Crippen LogP contribution in [0.25, 0.3) is 0 Å². The molecule has 0 saturated carbocycles. The maximum atomic E-state index is 8.35. The van der Waals surface area contributed by atoms with E-state index < -0.39 is 0 Å². The van der Waals surface area contributed by atoms with Crippen molar-refractivity contribution in [1.82, 2.24) is 0 Å². The highest BCUT2D eigenvalue weighted by Crippen LogP contribution is 2.09. The molecule has 0 radical (unpaired) electrons. The number of aryl methyl sites for hydroxylation is 1. The summed E-state index contributed by atoms with van der Waals surface area (Å²) in [5.74, 6) is 0.917. The van der Waals surface area contributed by atoms with Crippen LogP contribution in [0.15, 0.2) is 24.3 Å². The van der Waals surface area contributed by atoms with Gasteiger partial charge in [0.15, 0.2) is 0 Å². The van der Waals surface area contributed by atoms with Gasteiger partial charge < -0.3 is 4.74 Å². The molecule has 0 unspecified atom stereocenters. The SMILES string of the molecule is COc1ccc(C)cc1.Cl.N=C=O.N=C=O. The Morgan fingerprint density at radius 2 is 1.38 bits per heavy atom. The Morgan fingerprint density at radius 3 is 1.62 bits per heavy atom. The van der Waals surface area contributed by atoms with E-state index in [0.717, 1.165) is 17.9 Å². The molecule has 0 aliphatic rings. The Bertz CT molecular complexity index is 314. The van der Waals surface area contributed by atoms with Crippen LogP contribution in [-0.4, -0.2) is 19.3 Å². The minimum atomic E-state index is 0. The van der Waals surface area contributed by atoms with Gasteiger partial charge in [-0.2, -0.15) is 0 Å². The number of halogens is 1. The van der Waals surface area contributed by atoms with Gasteiger partial charge in [0.1, 0.15) is 5.75 Å². The molecule has 0 fully saturated rings. The van der Waals surface area contributed by atoms with Crippen LogP contribution in [-0.2, 0) is 9.59 Å². The maximum absolute atomic E-state index is 8.35. The minimum Gasteiger partial charge on any atom is -0.497 e. The molecule has 0 amide bonds. The molecule has 0 aliphatic carbocycles. The van der Waals surface area contributed by atoms with Crippen LogP contribution < -0.4 is 4.74 Å². The van der Waals surface area contributed by atoms with Gasteiger partial charge in [-0.05, 0) is 19.1 Å². The van der Waals surface area contributed by atoms with Crippen molar-refractivity contribution in [1.29, 1.82) is 10.8 Å². The summed E-state index contributed by atoms with van der Waals surface area (Å²) >= 11 is 0. The Morgan fingerprint density at radius 1 is 1.06 bits per heavy atom. The summed E-state index contributed by atoms with van der Waals surface area (Å²) in [6, 6.07) is 7.96. The zero-order chi connectivity index (χ0) is 12.1. The summed E-state index contributed by atoms with van der Waals surface area (Å²) in [4.78, 5) is 16.7. The number of carbonyl (C=O) groups excluding carboxylic acids is 2. The zero-order valence-corrected chi connectivity index (χ0v) is 9.76. The number of isocyanates is 2. The largest absolute Gasteiger partial charge is 0.497 e. The average Bonchev–Trinajstić information content (AvgIpc) is 2.21. The fourth-order valence-corrected chi connectivity index (χ4v) is 0.674. The summed E-state index contributed by atoms with van der Waals surface area (Å²) in [5.41, 5.74) is 1.26. The fourth-order valence-electron chi connectivity index (χ4n) is 0.674. The molecule has 6 heteroatoms. The lowest BCUT2D eigenvalue weighted by atomic mass is 10.2. The number of benzene rings is 1. The van der Waals surface area contributed by atoms with Gasteiger partial charge in [-0.25, -0.2) is 20.4 Å². The van der Waals surface area contributed by atoms with Gasteiger partial charge in [-0.15, -0.1) is 12.4 Å². The van der Waals surface area contributed by atoms with Crippen LogP contribution >= 0.6 is 12.4 Å². The number of rotatable bonds is 1. The molecule has 0 bridgehead atoms. The summed E-state index contributed by atoms with van der Waals surface area (Å²) in [5, 5.41) is 10.8. The first-order chi connectivity index (χ1) is 7.15. The van der Waals surface area contributed by atoms with Crippen molar-refractivity contribution in [2.24, 2.45) is 0 Å². The predicted octanol–water partition coefficient (Wildman–Crippen LogP) is 2.23. The number of nitrogens with one attached hydrogen (secondary N) is 2. The quantitative estimate of drug-likeness (QED) is 0.586. The van der Waals surface area contributed by atoms with Crippen molar-refractivity contribution in [3.63, 3.8) is 0 Å². The van der Waals surface area contributed by atoms with E-state index in [1.165, 1.54) is 5.56 Å². The molecule has 2 N–H and O–H groups in total. The van der Waals surface area contributed by atoms with E-state index in [1.54, 1.807) is 7.11 Å². The summed E-state index contributed by atoms with van der Waals surface area (Å²) in [6.45, 7) is 2.06. The second-order valence-corrected chi connectivity index (χ2v) is 2.22. The van der Waals surface area contributed by atoms with Crippen molar-refractivity contribution < 1.29 is 14.3 Å². The van der Waals surface area contributed by atoms with Crippen molar-refractivity contribution in [3.05, 3.63) is 29.8 Å². The molecule has 0 spiro atoms. The first-order valence-electron chi connectivity index (χ1n) is 3.84. The highest BCUT2D eigenvalue weighted by atomic mass is 35.5. The molecule has 0 heterocycles. The Labute approximate surface area is 99.9 Å². The van der Waals surface area contributed by atoms with E-state index in [-0.39, 0.29) is 12.4 Å². The molecule has 0 atom stereocenters. The Hall–Kier alpha value is -1.93. The topological polar surface area (TPSA) is 91.1 Å². The number of hydrogen-bond acceptors (Lipinski definition) is 5. The van der Waals surface area contributed by atoms with Crippen LogP contribution in [0.4, 0.5) is 0 Å². The molecule has 16 heavy (non-hydrogen) atoms. The molecule has 1 rings (SSSR count). The van der Waals surface area contributed by atoms with E-state index in [9.17, 15) is 0 Å². The van der Waals surface area contributed by atoms with Crippen LogP contribution in [0.3, 0.4) is 0 Å². The van der Waals surface area contributed by atoms with Gasteiger partial charge in [-0.1, -0.05) is 17.7 Å². The molecule has 0 saturated heterocycles. The van der Waals surface area contributed by atoms with Crippen LogP contribution in [0.5, 0.6) is 5.75 Å². The van der Waals surface area contributed by atoms with Gasteiger partial charge in [0.05, 0.1) is 7.11 Å². The van der Waals surface area contributed by atoms with Crippen LogP contribution in [0.2, 0.25) is 0 Å². The maximum Gasteiger partial charge on any atom is 0.231 e. The number of hydrogen-bond donors (Lipinski definition) is 2. The second-order valence-electron chi connectivity index (χ2n) is 2.22. The first-order valence-corrected chi connectivity index (χ1v) is 3.84. The third-order valence-electron chi connectivity index (χ3n) is 1.26. The molecule has 88 valence electrons. The van der Waals surface area contributed by atoms with Gasteiger partial charge in [0.2, 0.25) is 12.2 Å². The fraction of sp³-hybridized carbons (Fsp3) is 0.200. The van der Waals surface area contributed by atoms with Crippen LogP contribution in [0, 0.1) is 17.7 Å². The Balaban J connectivity index is -0.000000207. The van der Waals surface area contributed by atoms with E-state index >= 15 is 0 Å². The molecular weight excluding hydrogens is 232 g/mol. The lowest BCUT2D eigenvalue weighted by Crippen LogP contribution is -1.80. The number of methoxy groups -OCH3 is 1. The van der Waals surface area contributed by atoms with Crippen molar-refractivity contribution >= 4 is 24.6 Å². The highest BCUT2D eigenvalue weighted by molar-refractivity contribution is 5.85. The van der Waals surface area contributed by atoms with Gasteiger partial charge in [0, 0.05) is 0 Å². The molecular formula is C10H13ClN2O3. The van der Waals surface area contributed by atoms with Gasteiger partial charge in [0.25, 0.3) is 0 Å². The van der Waals surface area contributed by atoms with E-state index in [4.69, 9.17) is 25.1 Å². The van der Waals surface area contributed by atoms with E-state index in [2.05, 4.69) is 6.92 Å². The van der Waals surface area contributed by atoms with Crippen molar-refractivity contribution in [2.45, 2.75) is 6.92 Å². The van der Waals surface area contributed by atoms with Crippen LogP contribution in [0.1, 0.15) is 5.56 Å². The number of ether oxygens (including phenoxy) is 1. The third kappa shape index (κ3) is 14.6. The smallest absolute Gasteiger partial charge is 0.231 e. The highest BCUT2D eigenvalue weighted by Gasteiger charge is 1.85. The zero-order valence-electron chi connectivity index (χ0n) is 8.94. The molecule has 0 aliphatic heterocycles. The minimum absolute atomic E-state index is 0. The standard InChI is InChI=1S/C8H10O.2CHNO.ClH/c1-7-3-5-8(9-2)6-4-7;2*2-1-3;/h3-6H,1-2H3;2*2H;1H. The van der Waals surface area contributed by atoms with E-state index in [0.29, 0.717) is 0 Å².